The number of hydrogen-bond donors (Lipinski definition) is 1. The molecule has 7 heteroatoms. The Morgan fingerprint density at radius 1 is 1.19 bits per heavy atom. The molecule has 6 nitrogen and oxygen atoms in total. The van der Waals surface area contributed by atoms with Crippen LogP contribution < -0.4 is 5.56 Å². The molecule has 0 unspecified atom stereocenters. The fourth-order valence-electron chi connectivity index (χ4n) is 3.18. The van der Waals surface area contributed by atoms with Gasteiger partial charge in [-0.25, -0.2) is 9.50 Å². The van der Waals surface area contributed by atoms with Crippen molar-refractivity contribution in [1.82, 2.24) is 24.4 Å². The second kappa shape index (κ2) is 6.14. The third kappa shape index (κ3) is 2.63. The van der Waals surface area contributed by atoms with Gasteiger partial charge >= 0.3 is 0 Å². The minimum atomic E-state index is -0.156. The van der Waals surface area contributed by atoms with Crippen LogP contribution in [0, 0.1) is 13.8 Å². The van der Waals surface area contributed by atoms with E-state index in [9.17, 15) is 4.79 Å². The Balaban J connectivity index is 1.98. The van der Waals surface area contributed by atoms with E-state index in [2.05, 4.69) is 10.2 Å². The van der Waals surface area contributed by atoms with Crippen LogP contribution in [0.5, 0.6) is 0 Å². The van der Waals surface area contributed by atoms with Crippen molar-refractivity contribution in [3.63, 3.8) is 0 Å². The largest absolute Gasteiger partial charge is 0.293 e. The number of rotatable bonds is 3. The summed E-state index contributed by atoms with van der Waals surface area (Å²) < 4.78 is 3.32. The Morgan fingerprint density at radius 3 is 2.58 bits per heavy atom. The van der Waals surface area contributed by atoms with Gasteiger partial charge in [-0.1, -0.05) is 23.7 Å². The molecule has 3 heterocycles. The molecular weight excluding hydrogens is 350 g/mol. The van der Waals surface area contributed by atoms with E-state index in [-0.39, 0.29) is 5.56 Å². The SMILES string of the molecule is CCn1cc(-c2cc(=O)n3[nH]c(C)c(-c4ccc(Cl)cc4)c3n2)c(C)n1. The van der Waals surface area contributed by atoms with Gasteiger partial charge in [0.25, 0.3) is 5.56 Å². The van der Waals surface area contributed by atoms with E-state index in [0.717, 1.165) is 34.6 Å². The average Bonchev–Trinajstić information content (AvgIpc) is 3.15. The number of halogens is 1. The van der Waals surface area contributed by atoms with E-state index in [1.165, 1.54) is 4.52 Å². The molecule has 0 bridgehead atoms. The molecule has 0 saturated heterocycles. The fourth-order valence-corrected chi connectivity index (χ4v) is 3.31. The van der Waals surface area contributed by atoms with E-state index in [1.807, 2.05) is 55.9 Å². The Labute approximate surface area is 155 Å². The normalized spacial score (nSPS) is 11.4. The molecule has 0 fully saturated rings. The second-order valence-corrected chi connectivity index (χ2v) is 6.68. The van der Waals surface area contributed by atoms with Crippen molar-refractivity contribution in [2.75, 3.05) is 0 Å². The predicted molar refractivity (Wildman–Crippen MR) is 103 cm³/mol. The van der Waals surface area contributed by atoms with Gasteiger partial charge in [0.15, 0.2) is 5.65 Å². The maximum atomic E-state index is 12.7. The lowest BCUT2D eigenvalue weighted by molar-refractivity contribution is 0.653. The van der Waals surface area contributed by atoms with Gasteiger partial charge in [-0.15, -0.1) is 0 Å². The van der Waals surface area contributed by atoms with E-state index >= 15 is 0 Å². The first kappa shape index (κ1) is 16.6. The highest BCUT2D eigenvalue weighted by atomic mass is 35.5. The molecule has 4 aromatic rings. The van der Waals surface area contributed by atoms with Crippen LogP contribution in [0.1, 0.15) is 18.3 Å². The van der Waals surface area contributed by atoms with E-state index in [0.29, 0.717) is 16.4 Å². The fraction of sp³-hybridized carbons (Fsp3) is 0.211. The highest BCUT2D eigenvalue weighted by Crippen LogP contribution is 2.29. The van der Waals surface area contributed by atoms with Gasteiger partial charge in [-0.2, -0.15) is 5.10 Å². The summed E-state index contributed by atoms with van der Waals surface area (Å²) >= 11 is 6.01. The molecule has 1 aromatic carbocycles. The number of H-pyrrole nitrogens is 1. The number of benzene rings is 1. The van der Waals surface area contributed by atoms with Crippen LogP contribution in [0.15, 0.2) is 41.3 Å². The predicted octanol–water partition coefficient (Wildman–Crippen LogP) is 3.84. The highest BCUT2D eigenvalue weighted by Gasteiger charge is 2.17. The van der Waals surface area contributed by atoms with Crippen molar-refractivity contribution in [2.24, 2.45) is 0 Å². The topological polar surface area (TPSA) is 68.0 Å². The van der Waals surface area contributed by atoms with Gasteiger partial charge in [0.1, 0.15) is 0 Å². The highest BCUT2D eigenvalue weighted by molar-refractivity contribution is 6.30. The van der Waals surface area contributed by atoms with Gasteiger partial charge in [0.05, 0.1) is 11.4 Å². The number of nitrogens with zero attached hydrogens (tertiary/aromatic N) is 4. The van der Waals surface area contributed by atoms with Crippen LogP contribution in [-0.4, -0.2) is 24.4 Å². The minimum absolute atomic E-state index is 0.156. The van der Waals surface area contributed by atoms with Crippen LogP contribution in [0.4, 0.5) is 0 Å². The van der Waals surface area contributed by atoms with Crippen molar-refractivity contribution in [3.8, 4) is 22.4 Å². The Kier molecular flexibility index (Phi) is 3.92. The van der Waals surface area contributed by atoms with E-state index < -0.39 is 0 Å². The number of fused-ring (bicyclic) bond motifs is 1. The first-order chi connectivity index (χ1) is 12.5. The molecular formula is C19H18ClN5O. The van der Waals surface area contributed by atoms with Crippen molar-refractivity contribution in [3.05, 3.63) is 63.3 Å². The Hall–Kier alpha value is -2.86. The molecule has 132 valence electrons. The molecule has 3 aromatic heterocycles. The molecule has 4 rings (SSSR count). The molecule has 1 N–H and O–H groups in total. The third-order valence-corrected chi connectivity index (χ3v) is 4.73. The maximum Gasteiger partial charge on any atom is 0.273 e. The first-order valence-corrected chi connectivity index (χ1v) is 8.78. The zero-order valence-corrected chi connectivity index (χ0v) is 15.5. The first-order valence-electron chi connectivity index (χ1n) is 8.40. The number of aryl methyl sites for hydroxylation is 3. The molecule has 0 aliphatic heterocycles. The second-order valence-electron chi connectivity index (χ2n) is 6.24. The quantitative estimate of drug-likeness (QED) is 0.598. The lowest BCUT2D eigenvalue weighted by atomic mass is 10.1. The van der Waals surface area contributed by atoms with Crippen LogP contribution in [0.3, 0.4) is 0 Å². The van der Waals surface area contributed by atoms with Gasteiger partial charge in [0.2, 0.25) is 0 Å². The zero-order valence-electron chi connectivity index (χ0n) is 14.7. The number of hydrogen-bond acceptors (Lipinski definition) is 3. The smallest absolute Gasteiger partial charge is 0.273 e. The Bertz CT molecular complexity index is 1170. The van der Waals surface area contributed by atoms with Gasteiger partial charge in [-0.3, -0.25) is 14.6 Å². The summed E-state index contributed by atoms with van der Waals surface area (Å²) in [6, 6.07) is 9.06. The lowest BCUT2D eigenvalue weighted by Gasteiger charge is -2.03. The van der Waals surface area contributed by atoms with Gasteiger partial charge in [0, 0.05) is 40.7 Å². The molecule has 0 amide bonds. The summed E-state index contributed by atoms with van der Waals surface area (Å²) in [5.74, 6) is 0. The van der Waals surface area contributed by atoms with E-state index in [4.69, 9.17) is 16.6 Å². The van der Waals surface area contributed by atoms with Crippen molar-refractivity contribution >= 4 is 17.2 Å². The molecule has 0 aliphatic rings. The number of aromatic nitrogens is 5. The van der Waals surface area contributed by atoms with Gasteiger partial charge in [-0.05, 0) is 38.5 Å². The van der Waals surface area contributed by atoms with Gasteiger partial charge < -0.3 is 0 Å². The van der Waals surface area contributed by atoms with E-state index in [1.54, 1.807) is 6.07 Å². The molecule has 0 spiro atoms. The van der Waals surface area contributed by atoms with Crippen molar-refractivity contribution in [1.29, 1.82) is 0 Å². The van der Waals surface area contributed by atoms with Crippen molar-refractivity contribution in [2.45, 2.75) is 27.3 Å². The summed E-state index contributed by atoms with van der Waals surface area (Å²) in [6.07, 6.45) is 1.93. The molecule has 0 aliphatic carbocycles. The molecule has 26 heavy (non-hydrogen) atoms. The number of aromatic amines is 1. The Morgan fingerprint density at radius 2 is 1.92 bits per heavy atom. The molecule has 0 saturated carbocycles. The lowest BCUT2D eigenvalue weighted by Crippen LogP contribution is -2.14. The third-order valence-electron chi connectivity index (χ3n) is 4.48. The van der Waals surface area contributed by atoms with Crippen LogP contribution in [0.2, 0.25) is 5.02 Å². The number of nitrogens with one attached hydrogen (secondary N) is 1. The van der Waals surface area contributed by atoms with Crippen LogP contribution in [-0.2, 0) is 6.54 Å². The van der Waals surface area contributed by atoms with Crippen LogP contribution >= 0.6 is 11.6 Å². The van der Waals surface area contributed by atoms with Crippen molar-refractivity contribution < 1.29 is 0 Å². The minimum Gasteiger partial charge on any atom is -0.293 e. The summed E-state index contributed by atoms with van der Waals surface area (Å²) in [5, 5.41) is 8.23. The van der Waals surface area contributed by atoms with Crippen LogP contribution in [0.25, 0.3) is 28.0 Å². The molecule has 0 radical (unpaired) electrons. The summed E-state index contributed by atoms with van der Waals surface area (Å²) in [6.45, 7) is 6.64. The summed E-state index contributed by atoms with van der Waals surface area (Å²) in [4.78, 5) is 17.4. The zero-order chi connectivity index (χ0) is 18.4. The molecule has 0 atom stereocenters. The standard InChI is InChI=1S/C19H18ClN5O/c1-4-24-10-15(11(2)22-24)16-9-17(26)25-19(21-16)18(12(3)23-25)13-5-7-14(20)8-6-13/h5-10,23H,4H2,1-3H3. The summed E-state index contributed by atoms with van der Waals surface area (Å²) in [5.41, 5.74) is 5.50. The summed E-state index contributed by atoms with van der Waals surface area (Å²) in [7, 11) is 0. The monoisotopic (exact) mass is 367 g/mol. The average molecular weight is 368 g/mol. The maximum absolute atomic E-state index is 12.7.